The number of aromatic nitrogens is 1. The van der Waals surface area contributed by atoms with Crippen LogP contribution < -0.4 is 5.32 Å². The molecule has 0 spiro atoms. The largest absolute Gasteiger partial charge is 0.456 e. The molecular formula is C18H14Cl2N2O2S. The Morgan fingerprint density at radius 2 is 1.96 bits per heavy atom. The van der Waals surface area contributed by atoms with Crippen molar-refractivity contribution in [2.24, 2.45) is 0 Å². The summed E-state index contributed by atoms with van der Waals surface area (Å²) >= 11 is 13.3. The smallest absolute Gasteiger partial charge is 0.340 e. The van der Waals surface area contributed by atoms with Gasteiger partial charge in [-0.05, 0) is 37.3 Å². The molecule has 0 aliphatic rings. The van der Waals surface area contributed by atoms with E-state index in [4.69, 9.17) is 27.9 Å². The van der Waals surface area contributed by atoms with Crippen LogP contribution in [-0.4, -0.2) is 11.0 Å². The molecular weight excluding hydrogens is 379 g/mol. The fraction of sp³-hybridized carbons (Fsp3) is 0.111. The molecule has 0 saturated heterocycles. The summed E-state index contributed by atoms with van der Waals surface area (Å²) in [7, 11) is 0. The zero-order chi connectivity index (χ0) is 17.8. The number of ether oxygens (including phenoxy) is 1. The third-order valence-corrected chi connectivity index (χ3v) is 4.73. The van der Waals surface area contributed by atoms with E-state index in [0.29, 0.717) is 15.7 Å². The van der Waals surface area contributed by atoms with Crippen molar-refractivity contribution in [1.29, 1.82) is 0 Å². The standard InChI is InChI=1S/C18H14Cl2N2O2S/c1-11-2-5-13(6-3-11)21-18-22-14(10-25-18)9-24-17(23)15-8-12(19)4-7-16(15)20/h2-8,10H,9H2,1H3,(H,21,22). The second kappa shape index (κ2) is 7.87. The Hall–Kier alpha value is -2.08. The number of nitrogens with zero attached hydrogens (tertiary/aromatic N) is 1. The van der Waals surface area contributed by atoms with Gasteiger partial charge in [-0.25, -0.2) is 9.78 Å². The molecule has 0 bridgehead atoms. The molecule has 0 aliphatic carbocycles. The topological polar surface area (TPSA) is 51.2 Å². The van der Waals surface area contributed by atoms with Crippen molar-refractivity contribution in [3.63, 3.8) is 0 Å². The molecule has 25 heavy (non-hydrogen) atoms. The highest BCUT2D eigenvalue weighted by atomic mass is 35.5. The molecule has 0 aliphatic heterocycles. The first kappa shape index (κ1) is 17.7. The minimum Gasteiger partial charge on any atom is -0.456 e. The Balaban J connectivity index is 1.60. The molecule has 0 unspecified atom stereocenters. The Morgan fingerprint density at radius 1 is 1.20 bits per heavy atom. The lowest BCUT2D eigenvalue weighted by Crippen LogP contribution is -2.06. The van der Waals surface area contributed by atoms with Crippen molar-refractivity contribution >= 4 is 51.3 Å². The maximum atomic E-state index is 12.1. The minimum atomic E-state index is -0.534. The van der Waals surface area contributed by atoms with Crippen LogP contribution in [0, 0.1) is 6.92 Å². The van der Waals surface area contributed by atoms with E-state index in [0.717, 1.165) is 10.8 Å². The first-order valence-electron chi connectivity index (χ1n) is 7.41. The molecule has 0 saturated carbocycles. The summed E-state index contributed by atoms with van der Waals surface area (Å²) in [6.07, 6.45) is 0. The molecule has 1 heterocycles. The number of benzene rings is 2. The van der Waals surface area contributed by atoms with Crippen molar-refractivity contribution in [1.82, 2.24) is 4.98 Å². The Bertz CT molecular complexity index is 894. The van der Waals surface area contributed by atoms with Gasteiger partial charge in [0.2, 0.25) is 0 Å². The van der Waals surface area contributed by atoms with Crippen molar-refractivity contribution in [2.75, 3.05) is 5.32 Å². The van der Waals surface area contributed by atoms with Gasteiger partial charge in [-0.3, -0.25) is 0 Å². The van der Waals surface area contributed by atoms with Crippen LogP contribution in [0.25, 0.3) is 0 Å². The van der Waals surface area contributed by atoms with E-state index in [9.17, 15) is 4.79 Å². The maximum absolute atomic E-state index is 12.1. The van der Waals surface area contributed by atoms with Gasteiger partial charge in [0.1, 0.15) is 6.61 Å². The van der Waals surface area contributed by atoms with Gasteiger partial charge in [0.15, 0.2) is 5.13 Å². The quantitative estimate of drug-likeness (QED) is 0.552. The summed E-state index contributed by atoms with van der Waals surface area (Å²) in [4.78, 5) is 16.5. The Kier molecular flexibility index (Phi) is 5.58. The van der Waals surface area contributed by atoms with E-state index in [1.54, 1.807) is 12.1 Å². The number of halogens is 2. The number of hydrogen-bond acceptors (Lipinski definition) is 5. The predicted octanol–water partition coefficient (Wildman–Crippen LogP) is 5.86. The van der Waals surface area contributed by atoms with Gasteiger partial charge in [-0.2, -0.15) is 0 Å². The Morgan fingerprint density at radius 3 is 2.72 bits per heavy atom. The number of rotatable bonds is 5. The van der Waals surface area contributed by atoms with Gasteiger partial charge in [0.25, 0.3) is 0 Å². The summed E-state index contributed by atoms with van der Waals surface area (Å²) in [5, 5.41) is 6.51. The first-order chi connectivity index (χ1) is 12.0. The van der Waals surface area contributed by atoms with E-state index in [2.05, 4.69) is 10.3 Å². The molecule has 1 N–H and O–H groups in total. The number of esters is 1. The van der Waals surface area contributed by atoms with Crippen molar-refractivity contribution in [3.8, 4) is 0 Å². The van der Waals surface area contributed by atoms with Crippen molar-refractivity contribution < 1.29 is 9.53 Å². The van der Waals surface area contributed by atoms with Gasteiger partial charge in [0.05, 0.1) is 16.3 Å². The molecule has 128 valence electrons. The summed E-state index contributed by atoms with van der Waals surface area (Å²) in [5.74, 6) is -0.534. The lowest BCUT2D eigenvalue weighted by molar-refractivity contribution is 0.0468. The number of thiazole rings is 1. The van der Waals surface area contributed by atoms with Crippen molar-refractivity contribution in [2.45, 2.75) is 13.5 Å². The second-order valence-electron chi connectivity index (χ2n) is 5.34. The molecule has 0 fully saturated rings. The van der Waals surface area contributed by atoms with Crippen LogP contribution in [0.15, 0.2) is 47.8 Å². The van der Waals surface area contributed by atoms with Crippen LogP contribution >= 0.6 is 34.5 Å². The van der Waals surface area contributed by atoms with E-state index >= 15 is 0 Å². The highest BCUT2D eigenvalue weighted by molar-refractivity contribution is 7.13. The zero-order valence-electron chi connectivity index (χ0n) is 13.3. The highest BCUT2D eigenvalue weighted by Crippen LogP contribution is 2.24. The van der Waals surface area contributed by atoms with Gasteiger partial charge in [0, 0.05) is 16.1 Å². The number of aryl methyl sites for hydroxylation is 1. The van der Waals surface area contributed by atoms with Gasteiger partial charge in [-0.15, -0.1) is 11.3 Å². The third kappa shape index (κ3) is 4.72. The van der Waals surface area contributed by atoms with Crippen LogP contribution in [-0.2, 0) is 11.3 Å². The second-order valence-corrected chi connectivity index (χ2v) is 7.04. The summed E-state index contributed by atoms with van der Waals surface area (Å²) < 4.78 is 5.26. The number of carbonyl (C=O) groups is 1. The van der Waals surface area contributed by atoms with Gasteiger partial charge >= 0.3 is 5.97 Å². The fourth-order valence-electron chi connectivity index (χ4n) is 2.06. The van der Waals surface area contributed by atoms with E-state index in [-0.39, 0.29) is 12.2 Å². The van der Waals surface area contributed by atoms with Crippen LogP contribution in [0.1, 0.15) is 21.6 Å². The summed E-state index contributed by atoms with van der Waals surface area (Å²) in [6.45, 7) is 2.10. The first-order valence-corrected chi connectivity index (χ1v) is 9.05. The number of anilines is 2. The summed E-state index contributed by atoms with van der Waals surface area (Å²) in [6, 6.07) is 12.7. The predicted molar refractivity (Wildman–Crippen MR) is 102 cm³/mol. The van der Waals surface area contributed by atoms with Crippen molar-refractivity contribution in [3.05, 3.63) is 74.7 Å². The Labute approximate surface area is 159 Å². The highest BCUT2D eigenvalue weighted by Gasteiger charge is 2.13. The number of hydrogen-bond donors (Lipinski definition) is 1. The molecule has 7 heteroatoms. The lowest BCUT2D eigenvalue weighted by Gasteiger charge is -2.05. The molecule has 3 rings (SSSR count). The molecule has 1 aromatic heterocycles. The van der Waals surface area contributed by atoms with Crippen LogP contribution in [0.5, 0.6) is 0 Å². The lowest BCUT2D eigenvalue weighted by atomic mass is 10.2. The maximum Gasteiger partial charge on any atom is 0.340 e. The monoisotopic (exact) mass is 392 g/mol. The molecule has 3 aromatic rings. The average Bonchev–Trinajstić information content (AvgIpc) is 3.04. The van der Waals surface area contributed by atoms with Gasteiger partial charge < -0.3 is 10.1 Å². The summed E-state index contributed by atoms with van der Waals surface area (Å²) in [5.41, 5.74) is 3.04. The molecule has 4 nitrogen and oxygen atoms in total. The van der Waals surface area contributed by atoms with Gasteiger partial charge in [-0.1, -0.05) is 40.9 Å². The van der Waals surface area contributed by atoms with Crippen LogP contribution in [0.3, 0.4) is 0 Å². The number of carbonyl (C=O) groups excluding carboxylic acids is 1. The molecule has 0 amide bonds. The SMILES string of the molecule is Cc1ccc(Nc2nc(COC(=O)c3cc(Cl)ccc3Cl)cs2)cc1. The van der Waals surface area contributed by atoms with E-state index in [1.165, 1.54) is 23.0 Å². The van der Waals surface area contributed by atoms with E-state index < -0.39 is 5.97 Å². The van der Waals surface area contributed by atoms with Crippen LogP contribution in [0.2, 0.25) is 10.0 Å². The molecule has 0 atom stereocenters. The average molecular weight is 393 g/mol. The minimum absolute atomic E-state index is 0.0632. The fourth-order valence-corrected chi connectivity index (χ4v) is 3.14. The zero-order valence-corrected chi connectivity index (χ0v) is 15.6. The molecule has 2 aromatic carbocycles. The van der Waals surface area contributed by atoms with Crippen LogP contribution in [0.4, 0.5) is 10.8 Å². The molecule has 0 radical (unpaired) electrons. The number of nitrogens with one attached hydrogen (secondary N) is 1. The third-order valence-electron chi connectivity index (χ3n) is 3.35. The normalized spacial score (nSPS) is 10.5. The van der Waals surface area contributed by atoms with E-state index in [1.807, 2.05) is 36.6 Å².